The van der Waals surface area contributed by atoms with Crippen LogP contribution in [0.2, 0.25) is 0 Å². The van der Waals surface area contributed by atoms with Gasteiger partial charge in [-0.3, -0.25) is 4.79 Å². The topological polar surface area (TPSA) is 47.6 Å². The van der Waals surface area contributed by atoms with Gasteiger partial charge in [0.25, 0.3) is 5.91 Å². The van der Waals surface area contributed by atoms with Crippen molar-refractivity contribution < 1.29 is 23.0 Å². The van der Waals surface area contributed by atoms with Crippen LogP contribution in [0.5, 0.6) is 5.75 Å². The van der Waals surface area contributed by atoms with Gasteiger partial charge in [-0.05, 0) is 43.2 Å². The van der Waals surface area contributed by atoms with Gasteiger partial charge in [-0.25, -0.2) is 8.78 Å². The molecule has 1 fully saturated rings. The third kappa shape index (κ3) is 4.08. The highest BCUT2D eigenvalue weighted by Gasteiger charge is 2.16. The highest BCUT2D eigenvalue weighted by Crippen LogP contribution is 2.21. The van der Waals surface area contributed by atoms with E-state index in [2.05, 4.69) is 5.32 Å². The highest BCUT2D eigenvalue weighted by molar-refractivity contribution is 6.04. The van der Waals surface area contributed by atoms with Gasteiger partial charge in [-0.15, -0.1) is 0 Å². The first-order valence-electron chi connectivity index (χ1n) is 7.73. The molecule has 0 spiro atoms. The van der Waals surface area contributed by atoms with Crippen LogP contribution in [0.3, 0.4) is 0 Å². The molecule has 3 rings (SSSR count). The second kappa shape index (κ2) is 7.40. The monoisotopic (exact) mass is 333 g/mol. The number of hydrogen-bond acceptors (Lipinski definition) is 3. The van der Waals surface area contributed by atoms with Crippen LogP contribution in [-0.4, -0.2) is 25.2 Å². The maximum atomic E-state index is 13.6. The lowest BCUT2D eigenvalue weighted by atomic mass is 10.2. The Morgan fingerprint density at radius 3 is 2.92 bits per heavy atom. The summed E-state index contributed by atoms with van der Waals surface area (Å²) >= 11 is 0. The van der Waals surface area contributed by atoms with Crippen molar-refractivity contribution in [3.05, 3.63) is 59.7 Å². The Bertz CT molecular complexity index is 730. The van der Waals surface area contributed by atoms with Crippen molar-refractivity contribution in [2.24, 2.45) is 0 Å². The second-order valence-corrected chi connectivity index (χ2v) is 5.55. The average Bonchev–Trinajstić information content (AvgIpc) is 3.09. The number of rotatable bonds is 5. The number of ether oxygens (including phenoxy) is 2. The molecule has 1 saturated heterocycles. The van der Waals surface area contributed by atoms with Crippen molar-refractivity contribution in [3.63, 3.8) is 0 Å². The predicted molar refractivity (Wildman–Crippen MR) is 85.2 cm³/mol. The van der Waals surface area contributed by atoms with Crippen LogP contribution < -0.4 is 10.1 Å². The minimum Gasteiger partial charge on any atom is -0.491 e. The molecule has 0 radical (unpaired) electrons. The van der Waals surface area contributed by atoms with E-state index in [9.17, 15) is 13.6 Å². The Labute approximate surface area is 138 Å². The van der Waals surface area contributed by atoms with E-state index in [1.807, 2.05) is 0 Å². The number of halogens is 2. The molecule has 1 heterocycles. The van der Waals surface area contributed by atoms with Gasteiger partial charge < -0.3 is 14.8 Å². The fourth-order valence-electron chi connectivity index (χ4n) is 2.50. The molecule has 1 N–H and O–H groups in total. The number of amides is 1. The largest absolute Gasteiger partial charge is 0.491 e. The fourth-order valence-corrected chi connectivity index (χ4v) is 2.50. The normalized spacial score (nSPS) is 16.8. The van der Waals surface area contributed by atoms with E-state index >= 15 is 0 Å². The van der Waals surface area contributed by atoms with Crippen LogP contribution in [0.4, 0.5) is 14.5 Å². The molecule has 0 aliphatic carbocycles. The molecule has 0 aromatic heterocycles. The van der Waals surface area contributed by atoms with E-state index in [-0.39, 0.29) is 11.7 Å². The van der Waals surface area contributed by atoms with E-state index in [1.54, 1.807) is 24.3 Å². The Morgan fingerprint density at radius 1 is 1.25 bits per heavy atom. The number of carbonyl (C=O) groups excluding carboxylic acids is 1. The molecule has 4 nitrogen and oxygen atoms in total. The van der Waals surface area contributed by atoms with Crippen LogP contribution in [0, 0.1) is 11.6 Å². The maximum absolute atomic E-state index is 13.6. The number of anilines is 1. The van der Waals surface area contributed by atoms with Crippen LogP contribution in [0.15, 0.2) is 42.5 Å². The van der Waals surface area contributed by atoms with Crippen LogP contribution in [0.25, 0.3) is 0 Å². The Kier molecular flexibility index (Phi) is 5.05. The maximum Gasteiger partial charge on any atom is 0.258 e. The van der Waals surface area contributed by atoms with E-state index in [4.69, 9.17) is 9.47 Å². The third-order valence-corrected chi connectivity index (χ3v) is 3.72. The summed E-state index contributed by atoms with van der Waals surface area (Å²) < 4.78 is 37.9. The lowest BCUT2D eigenvalue weighted by Gasteiger charge is -2.12. The van der Waals surface area contributed by atoms with Crippen LogP contribution in [0.1, 0.15) is 23.2 Å². The molecule has 0 saturated carbocycles. The molecule has 1 aliphatic rings. The lowest BCUT2D eigenvalue weighted by Crippen LogP contribution is -2.16. The minimum atomic E-state index is -0.778. The summed E-state index contributed by atoms with van der Waals surface area (Å²) in [5, 5.41) is 2.54. The van der Waals surface area contributed by atoms with Crippen molar-refractivity contribution >= 4 is 11.6 Å². The molecule has 0 bridgehead atoms. The van der Waals surface area contributed by atoms with E-state index in [0.717, 1.165) is 37.6 Å². The molecular formula is C18H17F2NO3. The summed E-state index contributed by atoms with van der Waals surface area (Å²) in [4.78, 5) is 12.1. The standard InChI is InChI=1S/C18H17F2NO3/c19-12-6-7-17(20)16(9-12)18(22)21-13-3-1-4-14(10-13)24-11-15-5-2-8-23-15/h1,3-4,6-7,9-10,15H,2,5,8,11H2,(H,21,22). The minimum absolute atomic E-state index is 0.0876. The van der Waals surface area contributed by atoms with Gasteiger partial charge in [0.2, 0.25) is 0 Å². The van der Waals surface area contributed by atoms with Gasteiger partial charge in [0.15, 0.2) is 0 Å². The summed E-state index contributed by atoms with van der Waals surface area (Å²) in [5.41, 5.74) is 0.0918. The second-order valence-electron chi connectivity index (χ2n) is 5.55. The first-order chi connectivity index (χ1) is 11.6. The lowest BCUT2D eigenvalue weighted by molar-refractivity contribution is 0.0680. The van der Waals surface area contributed by atoms with E-state index in [1.165, 1.54) is 0 Å². The first kappa shape index (κ1) is 16.4. The van der Waals surface area contributed by atoms with E-state index < -0.39 is 17.5 Å². The Hall–Kier alpha value is -2.47. The van der Waals surface area contributed by atoms with Crippen LogP contribution in [-0.2, 0) is 4.74 Å². The molecule has 24 heavy (non-hydrogen) atoms. The predicted octanol–water partition coefficient (Wildman–Crippen LogP) is 3.77. The first-order valence-corrected chi connectivity index (χ1v) is 7.73. The average molecular weight is 333 g/mol. The molecule has 6 heteroatoms. The molecule has 1 atom stereocenters. The van der Waals surface area contributed by atoms with Gasteiger partial charge in [-0.1, -0.05) is 6.07 Å². The molecule has 126 valence electrons. The quantitative estimate of drug-likeness (QED) is 0.906. The van der Waals surface area contributed by atoms with Gasteiger partial charge in [0, 0.05) is 18.4 Å². The number of nitrogens with one attached hydrogen (secondary N) is 1. The van der Waals surface area contributed by atoms with Gasteiger partial charge in [0.05, 0.1) is 11.7 Å². The molecule has 1 aliphatic heterocycles. The zero-order valence-electron chi connectivity index (χ0n) is 12.9. The highest BCUT2D eigenvalue weighted by atomic mass is 19.1. The Balaban J connectivity index is 1.65. The van der Waals surface area contributed by atoms with Gasteiger partial charge in [-0.2, -0.15) is 0 Å². The van der Waals surface area contributed by atoms with Gasteiger partial charge >= 0.3 is 0 Å². The van der Waals surface area contributed by atoms with Crippen molar-refractivity contribution in [1.82, 2.24) is 0 Å². The number of benzene rings is 2. The molecular weight excluding hydrogens is 316 g/mol. The zero-order chi connectivity index (χ0) is 16.9. The van der Waals surface area contributed by atoms with Crippen LogP contribution >= 0.6 is 0 Å². The Morgan fingerprint density at radius 2 is 2.12 bits per heavy atom. The van der Waals surface area contributed by atoms with Crippen molar-refractivity contribution in [2.45, 2.75) is 18.9 Å². The molecule has 2 aromatic carbocycles. The van der Waals surface area contributed by atoms with E-state index in [0.29, 0.717) is 18.0 Å². The zero-order valence-corrected chi connectivity index (χ0v) is 12.9. The third-order valence-electron chi connectivity index (χ3n) is 3.72. The van der Waals surface area contributed by atoms with Gasteiger partial charge in [0.1, 0.15) is 24.0 Å². The van der Waals surface area contributed by atoms with Crippen molar-refractivity contribution in [3.8, 4) is 5.75 Å². The fraction of sp³-hybridized carbons (Fsp3) is 0.278. The SMILES string of the molecule is O=C(Nc1cccc(OCC2CCCO2)c1)c1cc(F)ccc1F. The number of hydrogen-bond donors (Lipinski definition) is 1. The summed E-state index contributed by atoms with van der Waals surface area (Å²) in [6.45, 7) is 1.19. The number of carbonyl (C=O) groups is 1. The van der Waals surface area contributed by atoms with Crippen molar-refractivity contribution in [2.75, 3.05) is 18.5 Å². The summed E-state index contributed by atoms with van der Waals surface area (Å²) in [6, 6.07) is 9.49. The molecule has 2 aromatic rings. The molecule has 1 unspecified atom stereocenters. The van der Waals surface area contributed by atoms with Crippen molar-refractivity contribution in [1.29, 1.82) is 0 Å². The summed E-state index contributed by atoms with van der Waals surface area (Å²) in [6.07, 6.45) is 2.09. The summed E-state index contributed by atoms with van der Waals surface area (Å²) in [7, 11) is 0. The molecule has 1 amide bonds. The smallest absolute Gasteiger partial charge is 0.258 e. The summed E-state index contributed by atoms with van der Waals surface area (Å²) in [5.74, 6) is -1.60.